The second-order valence-corrected chi connectivity index (χ2v) is 7.58. The maximum absolute atomic E-state index is 4.61. The summed E-state index contributed by atoms with van der Waals surface area (Å²) in [4.78, 5) is 9.09. The number of imidazole rings is 2. The molecule has 142 valence electrons. The predicted molar refractivity (Wildman–Crippen MR) is 111 cm³/mol. The van der Waals surface area contributed by atoms with Gasteiger partial charge in [-0.1, -0.05) is 24.3 Å². The highest BCUT2D eigenvalue weighted by molar-refractivity contribution is 5.77. The topological polar surface area (TPSA) is 47.7 Å². The number of aromatic nitrogens is 4. The molecule has 0 radical (unpaired) electrons. The van der Waals surface area contributed by atoms with E-state index in [2.05, 4.69) is 67.7 Å². The molecule has 5 nitrogen and oxygen atoms in total. The quantitative estimate of drug-likeness (QED) is 0.565. The van der Waals surface area contributed by atoms with Crippen molar-refractivity contribution in [2.24, 2.45) is 0 Å². The molecular weight excluding hydrogens is 346 g/mol. The van der Waals surface area contributed by atoms with Crippen LogP contribution in [0.3, 0.4) is 0 Å². The number of para-hydroxylation sites is 2. The summed E-state index contributed by atoms with van der Waals surface area (Å²) in [6.45, 7) is 4.17. The zero-order chi connectivity index (χ0) is 18.9. The monoisotopic (exact) mass is 371 g/mol. The van der Waals surface area contributed by atoms with Gasteiger partial charge < -0.3 is 9.88 Å². The summed E-state index contributed by atoms with van der Waals surface area (Å²) >= 11 is 0. The van der Waals surface area contributed by atoms with Gasteiger partial charge in [-0.05, 0) is 49.6 Å². The van der Waals surface area contributed by atoms with Crippen molar-refractivity contribution < 1.29 is 0 Å². The van der Waals surface area contributed by atoms with Crippen molar-refractivity contribution in [1.29, 1.82) is 0 Å². The molecule has 0 saturated heterocycles. The third kappa shape index (κ3) is 3.12. The third-order valence-electron chi connectivity index (χ3n) is 5.73. The van der Waals surface area contributed by atoms with Gasteiger partial charge in [0, 0.05) is 31.2 Å². The summed E-state index contributed by atoms with van der Waals surface area (Å²) in [6, 6.07) is 17.2. The van der Waals surface area contributed by atoms with E-state index in [1.165, 1.54) is 29.9 Å². The molecular formula is C23H25N5. The molecule has 5 rings (SSSR count). The third-order valence-corrected chi connectivity index (χ3v) is 5.73. The molecule has 1 aliphatic rings. The van der Waals surface area contributed by atoms with Gasteiger partial charge in [0.2, 0.25) is 0 Å². The number of nitrogens with one attached hydrogen (secondary N) is 1. The minimum atomic E-state index is 0.289. The van der Waals surface area contributed by atoms with Crippen molar-refractivity contribution in [3.05, 3.63) is 78.1 Å². The van der Waals surface area contributed by atoms with Crippen LogP contribution >= 0.6 is 0 Å². The van der Waals surface area contributed by atoms with Crippen LogP contribution in [0.15, 0.2) is 61.1 Å². The summed E-state index contributed by atoms with van der Waals surface area (Å²) in [5, 5.41) is 3.66. The van der Waals surface area contributed by atoms with Gasteiger partial charge in [-0.25, -0.2) is 9.97 Å². The summed E-state index contributed by atoms with van der Waals surface area (Å²) < 4.78 is 4.53. The fourth-order valence-corrected chi connectivity index (χ4v) is 4.10. The first-order chi connectivity index (χ1) is 13.8. The molecule has 0 aliphatic carbocycles. The molecule has 0 amide bonds. The summed E-state index contributed by atoms with van der Waals surface area (Å²) in [5.41, 5.74) is 5.86. The van der Waals surface area contributed by atoms with Crippen LogP contribution in [0.1, 0.15) is 42.9 Å². The lowest BCUT2D eigenvalue weighted by atomic mass is 10.1. The number of aryl methyl sites for hydroxylation is 1. The summed E-state index contributed by atoms with van der Waals surface area (Å²) in [6.07, 6.45) is 7.57. The van der Waals surface area contributed by atoms with Gasteiger partial charge in [0.05, 0.1) is 22.9 Å². The fraction of sp³-hybridized carbons (Fsp3) is 0.304. The average Bonchev–Trinajstić information content (AvgIpc) is 3.37. The molecule has 0 saturated carbocycles. The number of benzene rings is 2. The van der Waals surface area contributed by atoms with Crippen LogP contribution in [-0.4, -0.2) is 19.1 Å². The smallest absolute Gasteiger partial charge is 0.108 e. The first-order valence-corrected chi connectivity index (χ1v) is 10.1. The van der Waals surface area contributed by atoms with E-state index in [9.17, 15) is 0 Å². The molecule has 0 fully saturated rings. The molecule has 2 aromatic heterocycles. The lowest BCUT2D eigenvalue weighted by molar-refractivity contribution is 0.470. The van der Waals surface area contributed by atoms with Crippen LogP contribution in [0.25, 0.3) is 16.7 Å². The molecule has 3 heterocycles. The molecule has 1 atom stereocenters. The lowest BCUT2D eigenvalue weighted by Crippen LogP contribution is -2.22. The second kappa shape index (κ2) is 7.24. The van der Waals surface area contributed by atoms with Crippen molar-refractivity contribution in [1.82, 2.24) is 24.4 Å². The zero-order valence-electron chi connectivity index (χ0n) is 16.2. The van der Waals surface area contributed by atoms with E-state index in [0.717, 1.165) is 36.2 Å². The number of hydrogen-bond acceptors (Lipinski definition) is 3. The van der Waals surface area contributed by atoms with Gasteiger partial charge in [0.15, 0.2) is 0 Å². The van der Waals surface area contributed by atoms with Gasteiger partial charge in [-0.2, -0.15) is 0 Å². The van der Waals surface area contributed by atoms with E-state index < -0.39 is 0 Å². The largest absolute Gasteiger partial charge is 0.331 e. The molecule has 4 aromatic rings. The van der Waals surface area contributed by atoms with Crippen LogP contribution in [0, 0.1) is 0 Å². The van der Waals surface area contributed by atoms with Crippen LogP contribution in [0.2, 0.25) is 0 Å². The fourth-order valence-electron chi connectivity index (χ4n) is 4.10. The van der Waals surface area contributed by atoms with Crippen molar-refractivity contribution in [3.63, 3.8) is 0 Å². The Morgan fingerprint density at radius 2 is 1.89 bits per heavy atom. The number of fused-ring (bicyclic) bond motifs is 2. The molecule has 5 heteroatoms. The molecule has 1 N–H and O–H groups in total. The Morgan fingerprint density at radius 1 is 1.04 bits per heavy atom. The Labute approximate surface area is 165 Å². The normalized spacial score (nSPS) is 14.9. The molecule has 2 aromatic carbocycles. The molecule has 0 spiro atoms. The van der Waals surface area contributed by atoms with Crippen LogP contribution in [-0.2, 0) is 19.5 Å². The average molecular weight is 371 g/mol. The molecule has 0 bridgehead atoms. The molecule has 1 aliphatic heterocycles. The van der Waals surface area contributed by atoms with E-state index >= 15 is 0 Å². The van der Waals surface area contributed by atoms with E-state index in [0.29, 0.717) is 0 Å². The van der Waals surface area contributed by atoms with Gasteiger partial charge >= 0.3 is 0 Å². The Kier molecular flexibility index (Phi) is 4.45. The highest BCUT2D eigenvalue weighted by atomic mass is 15.1. The Morgan fingerprint density at radius 3 is 2.79 bits per heavy atom. The van der Waals surface area contributed by atoms with E-state index in [-0.39, 0.29) is 6.04 Å². The first kappa shape index (κ1) is 17.2. The maximum atomic E-state index is 4.61. The van der Waals surface area contributed by atoms with Crippen LogP contribution in [0.4, 0.5) is 0 Å². The van der Waals surface area contributed by atoms with Crippen LogP contribution < -0.4 is 5.32 Å². The minimum Gasteiger partial charge on any atom is -0.331 e. The van der Waals surface area contributed by atoms with Gasteiger partial charge in [-0.3, -0.25) is 4.57 Å². The van der Waals surface area contributed by atoms with Crippen molar-refractivity contribution in [2.45, 2.75) is 45.3 Å². The summed E-state index contributed by atoms with van der Waals surface area (Å²) in [7, 11) is 0. The highest BCUT2D eigenvalue weighted by Crippen LogP contribution is 2.22. The highest BCUT2D eigenvalue weighted by Gasteiger charge is 2.17. The van der Waals surface area contributed by atoms with Gasteiger partial charge in [0.25, 0.3) is 0 Å². The number of rotatable bonds is 5. The zero-order valence-corrected chi connectivity index (χ0v) is 16.2. The molecule has 1 unspecified atom stereocenters. The van der Waals surface area contributed by atoms with Crippen LogP contribution in [0.5, 0.6) is 0 Å². The Balaban J connectivity index is 1.28. The number of nitrogens with zero attached hydrogens (tertiary/aromatic N) is 4. The van der Waals surface area contributed by atoms with Crippen molar-refractivity contribution >= 4 is 11.0 Å². The van der Waals surface area contributed by atoms with E-state index in [4.69, 9.17) is 0 Å². The minimum absolute atomic E-state index is 0.289. The van der Waals surface area contributed by atoms with Crippen molar-refractivity contribution in [3.8, 4) is 5.69 Å². The van der Waals surface area contributed by atoms with Gasteiger partial charge in [-0.15, -0.1) is 0 Å². The molecule has 28 heavy (non-hydrogen) atoms. The van der Waals surface area contributed by atoms with E-state index in [1.807, 2.05) is 24.7 Å². The lowest BCUT2D eigenvalue weighted by Gasteiger charge is -2.20. The summed E-state index contributed by atoms with van der Waals surface area (Å²) in [5.74, 6) is 1.24. The SMILES string of the molecule is CC(NCc1ccc(-n2cnc3ccccc32)cc1)c1cnc2n1CCCC2. The van der Waals surface area contributed by atoms with Gasteiger partial charge in [0.1, 0.15) is 12.2 Å². The first-order valence-electron chi connectivity index (χ1n) is 10.1. The Hall–Kier alpha value is -2.92. The standard InChI is InChI=1S/C23H25N5/c1-17(22-15-25-23-8-4-5-13-27(22)23)24-14-18-9-11-19(12-10-18)28-16-26-20-6-2-3-7-21(20)28/h2-3,6-7,9-12,15-17,24H,4-5,8,13-14H2,1H3. The Bertz CT molecular complexity index is 1090. The second-order valence-electron chi connectivity index (χ2n) is 7.58. The predicted octanol–water partition coefficient (Wildman–Crippen LogP) is 4.41. The number of hydrogen-bond donors (Lipinski definition) is 1. The van der Waals surface area contributed by atoms with Crippen molar-refractivity contribution in [2.75, 3.05) is 0 Å². The maximum Gasteiger partial charge on any atom is 0.108 e. The van der Waals surface area contributed by atoms with E-state index in [1.54, 1.807) is 0 Å².